The quantitative estimate of drug-likeness (QED) is 0.660. The van der Waals surface area contributed by atoms with Gasteiger partial charge in [-0.25, -0.2) is 0 Å². The lowest BCUT2D eigenvalue weighted by Crippen LogP contribution is -1.95. The molecule has 0 aliphatic heterocycles. The fourth-order valence-electron chi connectivity index (χ4n) is 2.33. The first-order chi connectivity index (χ1) is 10.6. The van der Waals surface area contributed by atoms with E-state index in [1.165, 1.54) is 0 Å². The van der Waals surface area contributed by atoms with Crippen molar-refractivity contribution in [3.63, 3.8) is 0 Å². The lowest BCUT2D eigenvalue weighted by molar-refractivity contribution is 0.432. The van der Waals surface area contributed by atoms with E-state index in [9.17, 15) is 0 Å². The molecule has 0 fully saturated rings. The molecule has 0 saturated carbocycles. The van der Waals surface area contributed by atoms with Crippen molar-refractivity contribution in [2.45, 2.75) is 20.3 Å². The van der Waals surface area contributed by atoms with Gasteiger partial charge in [0.25, 0.3) is 5.89 Å². The Morgan fingerprint density at radius 2 is 1.82 bits per heavy atom. The lowest BCUT2D eigenvalue weighted by atomic mass is 10.0. The fraction of sp³-hybridized carbons (Fsp3) is 0.222. The van der Waals surface area contributed by atoms with Crippen LogP contribution in [0.3, 0.4) is 0 Å². The van der Waals surface area contributed by atoms with Crippen LogP contribution < -0.4 is 0 Å². The largest absolute Gasteiger partial charge is 0.334 e. The van der Waals surface area contributed by atoms with Gasteiger partial charge in [0.1, 0.15) is 0 Å². The van der Waals surface area contributed by atoms with Crippen molar-refractivity contribution in [3.8, 4) is 22.8 Å². The first-order valence-corrected chi connectivity index (χ1v) is 7.69. The third kappa shape index (κ3) is 3.20. The van der Waals surface area contributed by atoms with Gasteiger partial charge in [-0.05, 0) is 30.0 Å². The highest BCUT2D eigenvalue weighted by Gasteiger charge is 2.12. The van der Waals surface area contributed by atoms with E-state index in [-0.39, 0.29) is 0 Å². The van der Waals surface area contributed by atoms with Gasteiger partial charge in [-0.3, -0.25) is 0 Å². The summed E-state index contributed by atoms with van der Waals surface area (Å²) in [6.45, 7) is 4.35. The van der Waals surface area contributed by atoms with Crippen molar-refractivity contribution in [2.75, 3.05) is 0 Å². The molecule has 2 aromatic carbocycles. The highest BCUT2D eigenvalue weighted by molar-refractivity contribution is 6.31. The highest BCUT2D eigenvalue weighted by Crippen LogP contribution is 2.27. The summed E-state index contributed by atoms with van der Waals surface area (Å²) in [6, 6.07) is 15.7. The van der Waals surface area contributed by atoms with Crippen LogP contribution >= 0.6 is 11.6 Å². The summed E-state index contributed by atoms with van der Waals surface area (Å²) in [5.74, 6) is 1.63. The van der Waals surface area contributed by atoms with Gasteiger partial charge < -0.3 is 4.52 Å². The minimum atomic E-state index is 0.483. The zero-order chi connectivity index (χ0) is 15.5. The van der Waals surface area contributed by atoms with Gasteiger partial charge in [-0.1, -0.05) is 67.0 Å². The third-order valence-electron chi connectivity index (χ3n) is 3.39. The number of halogens is 1. The van der Waals surface area contributed by atoms with Crippen LogP contribution in [0.4, 0.5) is 0 Å². The van der Waals surface area contributed by atoms with E-state index in [4.69, 9.17) is 16.1 Å². The maximum atomic E-state index is 6.36. The normalized spacial score (nSPS) is 11.1. The number of nitrogens with zero attached hydrogens (tertiary/aromatic N) is 2. The fourth-order valence-corrected chi connectivity index (χ4v) is 2.59. The Bertz CT molecular complexity index is 766. The topological polar surface area (TPSA) is 38.9 Å². The van der Waals surface area contributed by atoms with E-state index < -0.39 is 0 Å². The second kappa shape index (κ2) is 6.32. The SMILES string of the molecule is CC(C)Cc1ccc(-c2nc(-c3ccccc3)no2)cc1Cl. The summed E-state index contributed by atoms with van der Waals surface area (Å²) in [6.07, 6.45) is 0.957. The summed E-state index contributed by atoms with van der Waals surface area (Å²) in [7, 11) is 0. The standard InChI is InChI=1S/C18H17ClN2O/c1-12(2)10-14-8-9-15(11-16(14)19)18-20-17(21-22-18)13-6-4-3-5-7-13/h3-9,11-12H,10H2,1-2H3. The molecule has 0 aliphatic carbocycles. The van der Waals surface area contributed by atoms with Crippen LogP contribution in [0.2, 0.25) is 5.02 Å². The van der Waals surface area contributed by atoms with E-state index in [1.54, 1.807) is 0 Å². The summed E-state index contributed by atoms with van der Waals surface area (Å²) in [5, 5.41) is 4.78. The zero-order valence-electron chi connectivity index (χ0n) is 12.6. The van der Waals surface area contributed by atoms with E-state index >= 15 is 0 Å². The van der Waals surface area contributed by atoms with E-state index in [0.29, 0.717) is 17.6 Å². The van der Waals surface area contributed by atoms with Crippen LogP contribution in [0.15, 0.2) is 53.1 Å². The first kappa shape index (κ1) is 14.8. The average molecular weight is 313 g/mol. The van der Waals surface area contributed by atoms with Crippen LogP contribution in [-0.2, 0) is 6.42 Å². The third-order valence-corrected chi connectivity index (χ3v) is 3.74. The molecule has 3 rings (SSSR count). The molecule has 3 aromatic rings. The summed E-state index contributed by atoms with van der Waals surface area (Å²) >= 11 is 6.36. The number of hydrogen-bond acceptors (Lipinski definition) is 3. The molecule has 3 nitrogen and oxygen atoms in total. The summed E-state index contributed by atoms with van der Waals surface area (Å²) in [4.78, 5) is 4.45. The molecular weight excluding hydrogens is 296 g/mol. The second-order valence-electron chi connectivity index (χ2n) is 5.69. The minimum Gasteiger partial charge on any atom is -0.334 e. The summed E-state index contributed by atoms with van der Waals surface area (Å²) in [5.41, 5.74) is 2.91. The highest BCUT2D eigenvalue weighted by atomic mass is 35.5. The predicted molar refractivity (Wildman–Crippen MR) is 88.7 cm³/mol. The Morgan fingerprint density at radius 3 is 2.50 bits per heavy atom. The van der Waals surface area contributed by atoms with Crippen LogP contribution in [-0.4, -0.2) is 10.1 Å². The Kier molecular flexibility index (Phi) is 4.25. The molecule has 0 amide bonds. The van der Waals surface area contributed by atoms with Crippen molar-refractivity contribution < 1.29 is 4.52 Å². The number of aromatic nitrogens is 2. The second-order valence-corrected chi connectivity index (χ2v) is 6.10. The molecule has 22 heavy (non-hydrogen) atoms. The van der Waals surface area contributed by atoms with Crippen LogP contribution in [0.1, 0.15) is 19.4 Å². The maximum absolute atomic E-state index is 6.36. The van der Waals surface area contributed by atoms with Crippen molar-refractivity contribution in [2.24, 2.45) is 5.92 Å². The maximum Gasteiger partial charge on any atom is 0.258 e. The minimum absolute atomic E-state index is 0.483. The molecule has 0 N–H and O–H groups in total. The van der Waals surface area contributed by atoms with Crippen molar-refractivity contribution in [3.05, 3.63) is 59.1 Å². The molecule has 1 heterocycles. The first-order valence-electron chi connectivity index (χ1n) is 7.31. The molecule has 1 aromatic heterocycles. The molecule has 0 spiro atoms. The van der Waals surface area contributed by atoms with Gasteiger partial charge in [0, 0.05) is 16.1 Å². The smallest absolute Gasteiger partial charge is 0.258 e. The van der Waals surface area contributed by atoms with Crippen LogP contribution in [0.5, 0.6) is 0 Å². The average Bonchev–Trinajstić information content (AvgIpc) is 3.00. The van der Waals surface area contributed by atoms with Gasteiger partial charge in [-0.2, -0.15) is 4.98 Å². The van der Waals surface area contributed by atoms with Crippen LogP contribution in [0, 0.1) is 5.92 Å². The molecule has 0 saturated heterocycles. The molecule has 0 radical (unpaired) electrons. The Morgan fingerprint density at radius 1 is 1.05 bits per heavy atom. The van der Waals surface area contributed by atoms with Gasteiger partial charge in [0.2, 0.25) is 5.82 Å². The summed E-state index contributed by atoms with van der Waals surface area (Å²) < 4.78 is 5.36. The Balaban J connectivity index is 1.89. The number of rotatable bonds is 4. The van der Waals surface area contributed by atoms with Crippen molar-refractivity contribution in [1.82, 2.24) is 10.1 Å². The molecular formula is C18H17ClN2O. The molecule has 0 unspecified atom stereocenters. The van der Waals surface area contributed by atoms with Gasteiger partial charge in [0.05, 0.1) is 0 Å². The molecule has 112 valence electrons. The Labute approximate surface area is 134 Å². The van der Waals surface area contributed by atoms with Crippen molar-refractivity contribution in [1.29, 1.82) is 0 Å². The number of benzene rings is 2. The monoisotopic (exact) mass is 312 g/mol. The predicted octanol–water partition coefficient (Wildman–Crippen LogP) is 5.26. The molecule has 0 bridgehead atoms. The van der Waals surface area contributed by atoms with E-state index in [1.807, 2.05) is 48.5 Å². The van der Waals surface area contributed by atoms with Crippen molar-refractivity contribution >= 4 is 11.6 Å². The molecule has 0 atom stereocenters. The lowest BCUT2D eigenvalue weighted by Gasteiger charge is -2.07. The van der Waals surface area contributed by atoms with Gasteiger partial charge in [0.15, 0.2) is 0 Å². The van der Waals surface area contributed by atoms with Gasteiger partial charge >= 0.3 is 0 Å². The Hall–Kier alpha value is -2.13. The van der Waals surface area contributed by atoms with E-state index in [0.717, 1.165) is 28.1 Å². The number of hydrogen-bond donors (Lipinski definition) is 0. The molecule has 0 aliphatic rings. The zero-order valence-corrected chi connectivity index (χ0v) is 13.3. The molecule has 4 heteroatoms. The van der Waals surface area contributed by atoms with Gasteiger partial charge in [-0.15, -0.1) is 0 Å². The van der Waals surface area contributed by atoms with E-state index in [2.05, 4.69) is 24.0 Å². The van der Waals surface area contributed by atoms with Crippen LogP contribution in [0.25, 0.3) is 22.8 Å².